The number of anilines is 1. The first kappa shape index (κ1) is 13.8. The van der Waals surface area contributed by atoms with Crippen LogP contribution in [0.2, 0.25) is 0 Å². The van der Waals surface area contributed by atoms with Crippen LogP contribution < -0.4 is 4.90 Å². The largest absolute Gasteiger partial charge is 0.481 e. The number of carbonyl (C=O) groups is 1. The molecular weight excluding hydrogens is 245 g/mol. The summed E-state index contributed by atoms with van der Waals surface area (Å²) in [5, 5.41) is 9.48. The maximum Gasteiger partial charge on any atom is 0.310 e. The molecule has 4 heteroatoms. The molecule has 1 N–H and O–H groups in total. The van der Waals surface area contributed by atoms with Crippen LogP contribution in [0.25, 0.3) is 0 Å². The Labute approximate surface area is 113 Å². The van der Waals surface area contributed by atoms with E-state index in [9.17, 15) is 14.3 Å². The second-order valence-corrected chi connectivity index (χ2v) is 5.58. The van der Waals surface area contributed by atoms with E-state index < -0.39 is 11.4 Å². The van der Waals surface area contributed by atoms with Crippen molar-refractivity contribution < 1.29 is 14.3 Å². The van der Waals surface area contributed by atoms with E-state index in [4.69, 9.17) is 0 Å². The number of carboxylic acids is 1. The van der Waals surface area contributed by atoms with Crippen molar-refractivity contribution in [2.24, 2.45) is 11.3 Å². The monoisotopic (exact) mass is 265 g/mol. The lowest BCUT2D eigenvalue weighted by atomic mass is 9.70. The standard InChI is InChI=1S/C15H20FNO2/c1-11(2)15(14(18)19)6-8-17(9-7-15)13-5-3-4-12(16)10-13/h3-5,10-11H,6-9H2,1-2H3,(H,18,19). The SMILES string of the molecule is CC(C)C1(C(=O)O)CCN(c2cccc(F)c2)CC1. The topological polar surface area (TPSA) is 40.5 Å². The zero-order valence-electron chi connectivity index (χ0n) is 11.4. The lowest BCUT2D eigenvalue weighted by molar-refractivity contribution is -0.153. The predicted molar refractivity (Wildman–Crippen MR) is 72.8 cm³/mol. The zero-order chi connectivity index (χ0) is 14.0. The Morgan fingerprint density at radius 3 is 2.47 bits per heavy atom. The van der Waals surface area contributed by atoms with E-state index in [0.717, 1.165) is 5.69 Å². The van der Waals surface area contributed by atoms with Gasteiger partial charge in [-0.2, -0.15) is 0 Å². The summed E-state index contributed by atoms with van der Waals surface area (Å²) in [6.45, 7) is 5.25. The van der Waals surface area contributed by atoms with Crippen LogP contribution >= 0.6 is 0 Å². The van der Waals surface area contributed by atoms with Crippen molar-refractivity contribution in [3.8, 4) is 0 Å². The van der Waals surface area contributed by atoms with E-state index in [1.807, 2.05) is 19.9 Å². The van der Waals surface area contributed by atoms with Crippen molar-refractivity contribution in [2.75, 3.05) is 18.0 Å². The van der Waals surface area contributed by atoms with E-state index in [1.165, 1.54) is 12.1 Å². The third-order valence-electron chi connectivity index (χ3n) is 4.36. The fraction of sp³-hybridized carbons (Fsp3) is 0.533. The summed E-state index contributed by atoms with van der Waals surface area (Å²) in [5.74, 6) is -0.850. The number of carboxylic acid groups (broad SMARTS) is 1. The van der Waals surface area contributed by atoms with Crippen LogP contribution in [0, 0.1) is 17.2 Å². The lowest BCUT2D eigenvalue weighted by Crippen LogP contribution is -2.47. The first-order valence-electron chi connectivity index (χ1n) is 6.69. The highest BCUT2D eigenvalue weighted by atomic mass is 19.1. The number of piperidine rings is 1. The van der Waals surface area contributed by atoms with E-state index in [2.05, 4.69) is 4.90 Å². The van der Waals surface area contributed by atoms with Crippen LogP contribution in [0.4, 0.5) is 10.1 Å². The molecule has 1 fully saturated rings. The number of hydrogen-bond donors (Lipinski definition) is 1. The highest BCUT2D eigenvalue weighted by Crippen LogP contribution is 2.40. The maximum absolute atomic E-state index is 13.2. The molecule has 1 heterocycles. The fourth-order valence-corrected chi connectivity index (χ4v) is 2.87. The average Bonchev–Trinajstić information content (AvgIpc) is 2.38. The normalized spacial score (nSPS) is 18.6. The van der Waals surface area contributed by atoms with Gasteiger partial charge < -0.3 is 10.0 Å². The van der Waals surface area contributed by atoms with E-state index in [-0.39, 0.29) is 11.7 Å². The van der Waals surface area contributed by atoms with E-state index in [1.54, 1.807) is 6.07 Å². The molecule has 0 radical (unpaired) electrons. The highest BCUT2D eigenvalue weighted by molar-refractivity contribution is 5.75. The molecule has 0 atom stereocenters. The highest BCUT2D eigenvalue weighted by Gasteiger charge is 2.44. The van der Waals surface area contributed by atoms with Crippen LogP contribution in [0.5, 0.6) is 0 Å². The summed E-state index contributed by atoms with van der Waals surface area (Å²) in [5.41, 5.74) is 0.201. The second kappa shape index (κ2) is 5.19. The van der Waals surface area contributed by atoms with Gasteiger partial charge in [0.1, 0.15) is 5.82 Å². The van der Waals surface area contributed by atoms with Crippen molar-refractivity contribution >= 4 is 11.7 Å². The minimum Gasteiger partial charge on any atom is -0.481 e. The van der Waals surface area contributed by atoms with Crippen LogP contribution in [-0.4, -0.2) is 24.2 Å². The Bertz CT molecular complexity index is 465. The molecule has 1 aromatic rings. The number of nitrogens with zero attached hydrogens (tertiary/aromatic N) is 1. The molecule has 0 spiro atoms. The predicted octanol–water partition coefficient (Wildman–Crippen LogP) is 3.15. The average molecular weight is 265 g/mol. The number of rotatable bonds is 3. The Hall–Kier alpha value is -1.58. The summed E-state index contributed by atoms with van der Waals surface area (Å²) in [6, 6.07) is 6.48. The molecule has 3 nitrogen and oxygen atoms in total. The molecule has 0 unspecified atom stereocenters. The van der Waals surface area contributed by atoms with Gasteiger partial charge in [-0.25, -0.2) is 4.39 Å². The molecule has 0 bridgehead atoms. The van der Waals surface area contributed by atoms with Crippen LogP contribution in [0.15, 0.2) is 24.3 Å². The maximum atomic E-state index is 13.2. The van der Waals surface area contributed by atoms with Gasteiger partial charge in [0.15, 0.2) is 0 Å². The van der Waals surface area contributed by atoms with Crippen LogP contribution in [0.1, 0.15) is 26.7 Å². The Morgan fingerprint density at radius 2 is 2.00 bits per heavy atom. The molecule has 1 aromatic carbocycles. The summed E-state index contributed by atoms with van der Waals surface area (Å²) >= 11 is 0. The molecule has 0 aromatic heterocycles. The van der Waals surface area contributed by atoms with Gasteiger partial charge in [-0.1, -0.05) is 19.9 Å². The summed E-state index contributed by atoms with van der Waals surface area (Å²) in [4.78, 5) is 13.6. The molecule has 1 aliphatic rings. The van der Waals surface area contributed by atoms with Crippen molar-refractivity contribution in [2.45, 2.75) is 26.7 Å². The number of halogens is 1. The molecule has 104 valence electrons. The van der Waals surface area contributed by atoms with Gasteiger partial charge in [-0.05, 0) is 37.0 Å². The first-order chi connectivity index (χ1) is 8.95. The van der Waals surface area contributed by atoms with Crippen molar-refractivity contribution in [1.29, 1.82) is 0 Å². The molecule has 0 aliphatic carbocycles. The zero-order valence-corrected chi connectivity index (χ0v) is 11.4. The minimum absolute atomic E-state index is 0.111. The quantitative estimate of drug-likeness (QED) is 0.912. The van der Waals surface area contributed by atoms with E-state index in [0.29, 0.717) is 25.9 Å². The molecule has 1 aliphatic heterocycles. The minimum atomic E-state index is -0.707. The van der Waals surface area contributed by atoms with Crippen molar-refractivity contribution in [3.63, 3.8) is 0 Å². The molecule has 0 saturated carbocycles. The Kier molecular flexibility index (Phi) is 3.78. The summed E-state index contributed by atoms with van der Waals surface area (Å²) in [7, 11) is 0. The van der Waals surface area contributed by atoms with Gasteiger partial charge in [-0.15, -0.1) is 0 Å². The number of aliphatic carboxylic acids is 1. The van der Waals surface area contributed by atoms with Gasteiger partial charge in [0, 0.05) is 18.8 Å². The molecule has 1 saturated heterocycles. The van der Waals surface area contributed by atoms with Gasteiger partial charge >= 0.3 is 5.97 Å². The van der Waals surface area contributed by atoms with Gasteiger partial charge in [0.05, 0.1) is 5.41 Å². The molecule has 0 amide bonds. The van der Waals surface area contributed by atoms with E-state index >= 15 is 0 Å². The lowest BCUT2D eigenvalue weighted by Gasteiger charge is -2.42. The van der Waals surface area contributed by atoms with Gasteiger partial charge in [0.25, 0.3) is 0 Å². The second-order valence-electron chi connectivity index (χ2n) is 5.58. The van der Waals surface area contributed by atoms with Crippen molar-refractivity contribution in [3.05, 3.63) is 30.1 Å². The smallest absolute Gasteiger partial charge is 0.310 e. The summed E-state index contributed by atoms with van der Waals surface area (Å²) in [6.07, 6.45) is 1.22. The van der Waals surface area contributed by atoms with Gasteiger partial charge in [-0.3, -0.25) is 4.79 Å². The Balaban J connectivity index is 2.12. The van der Waals surface area contributed by atoms with Gasteiger partial charge in [0.2, 0.25) is 0 Å². The van der Waals surface area contributed by atoms with Crippen LogP contribution in [0.3, 0.4) is 0 Å². The fourth-order valence-electron chi connectivity index (χ4n) is 2.87. The third-order valence-corrected chi connectivity index (χ3v) is 4.36. The summed E-state index contributed by atoms with van der Waals surface area (Å²) < 4.78 is 13.2. The molecule has 2 rings (SSSR count). The van der Waals surface area contributed by atoms with Crippen molar-refractivity contribution in [1.82, 2.24) is 0 Å². The molecular formula is C15H20FNO2. The number of benzene rings is 1. The Morgan fingerprint density at radius 1 is 1.37 bits per heavy atom. The molecule has 19 heavy (non-hydrogen) atoms. The third kappa shape index (κ3) is 2.57. The number of hydrogen-bond acceptors (Lipinski definition) is 2. The first-order valence-corrected chi connectivity index (χ1v) is 6.69. The van der Waals surface area contributed by atoms with Crippen LogP contribution in [-0.2, 0) is 4.79 Å².